The first-order chi connectivity index (χ1) is 5.47. The first-order valence-electron chi connectivity index (χ1n) is 3.65. The average Bonchev–Trinajstić information content (AvgIpc) is 2.12. The van der Waals surface area contributed by atoms with E-state index in [2.05, 4.69) is 23.5 Å². The summed E-state index contributed by atoms with van der Waals surface area (Å²) in [4.78, 5) is 0. The molecule has 1 nitrogen and oxygen atoms in total. The predicted octanol–water partition coefficient (Wildman–Crippen LogP) is 2.04. The molecule has 0 aromatic heterocycles. The number of allylic oxidation sites excluding steroid dienone is 7. The summed E-state index contributed by atoms with van der Waals surface area (Å²) in [5.74, 6) is 0. The molecule has 0 saturated carbocycles. The zero-order chi connectivity index (χ0) is 7.52. The zero-order valence-corrected chi connectivity index (χ0v) is 6.12. The van der Waals surface area contributed by atoms with Gasteiger partial charge in [0.05, 0.1) is 0 Å². The number of hydrogen-bond acceptors (Lipinski definition) is 1. The highest BCUT2D eigenvalue weighted by atomic mass is 14.9. The maximum atomic E-state index is 3.18. The van der Waals surface area contributed by atoms with Gasteiger partial charge in [-0.05, 0) is 17.7 Å². The molecule has 0 fully saturated rings. The Morgan fingerprint density at radius 1 is 0.909 bits per heavy atom. The minimum Gasteiger partial charge on any atom is -0.361 e. The largest absolute Gasteiger partial charge is 0.361 e. The number of hydrogen-bond donors (Lipinski definition) is 1. The standard InChI is InChI=1S/C10H9N/c1-2-7-10(11-8-3-1)9-5-4-6-9/h1-8,11H. The molecular weight excluding hydrogens is 134 g/mol. The van der Waals surface area contributed by atoms with E-state index in [-0.39, 0.29) is 0 Å². The Morgan fingerprint density at radius 3 is 2.55 bits per heavy atom. The fraction of sp³-hybridized carbons (Fsp3) is 0. The van der Waals surface area contributed by atoms with Crippen LogP contribution >= 0.6 is 0 Å². The molecular formula is C10H9N. The van der Waals surface area contributed by atoms with E-state index in [9.17, 15) is 0 Å². The van der Waals surface area contributed by atoms with Crippen LogP contribution < -0.4 is 5.32 Å². The van der Waals surface area contributed by atoms with Gasteiger partial charge in [0, 0.05) is 11.9 Å². The van der Waals surface area contributed by atoms with Crippen molar-refractivity contribution in [2.75, 3.05) is 0 Å². The van der Waals surface area contributed by atoms with Gasteiger partial charge >= 0.3 is 0 Å². The Morgan fingerprint density at radius 2 is 1.82 bits per heavy atom. The van der Waals surface area contributed by atoms with E-state index >= 15 is 0 Å². The average molecular weight is 143 g/mol. The Labute approximate surface area is 66.1 Å². The SMILES string of the molecule is C1=CC=C(C2=CC=C2)NC=C1. The van der Waals surface area contributed by atoms with E-state index in [1.54, 1.807) is 0 Å². The minimum absolute atomic E-state index is 1.16. The summed E-state index contributed by atoms with van der Waals surface area (Å²) in [6, 6.07) is 0. The molecule has 0 radical (unpaired) electrons. The molecule has 0 unspecified atom stereocenters. The summed E-state index contributed by atoms with van der Waals surface area (Å²) >= 11 is 0. The summed E-state index contributed by atoms with van der Waals surface area (Å²) < 4.78 is 0. The van der Waals surface area contributed by atoms with Crippen LogP contribution in [0, 0.1) is 0 Å². The fourth-order valence-corrected chi connectivity index (χ4v) is 1.01. The third-order valence-electron chi connectivity index (χ3n) is 1.68. The van der Waals surface area contributed by atoms with Crippen LogP contribution in [-0.4, -0.2) is 0 Å². The lowest BCUT2D eigenvalue weighted by atomic mass is 10.1. The Hall–Kier alpha value is -1.50. The highest BCUT2D eigenvalue weighted by Gasteiger charge is 2.02. The van der Waals surface area contributed by atoms with Crippen LogP contribution in [0.4, 0.5) is 0 Å². The van der Waals surface area contributed by atoms with Gasteiger partial charge in [-0.25, -0.2) is 0 Å². The molecule has 0 aromatic rings. The lowest BCUT2D eigenvalue weighted by Crippen LogP contribution is -2.07. The number of rotatable bonds is 1. The van der Waals surface area contributed by atoms with Crippen molar-refractivity contribution in [2.24, 2.45) is 0 Å². The van der Waals surface area contributed by atoms with E-state index in [1.165, 1.54) is 5.57 Å². The van der Waals surface area contributed by atoms with E-state index in [0.717, 1.165) is 5.70 Å². The van der Waals surface area contributed by atoms with Gasteiger partial charge in [-0.2, -0.15) is 0 Å². The highest BCUT2D eigenvalue weighted by molar-refractivity contribution is 5.50. The van der Waals surface area contributed by atoms with Gasteiger partial charge in [0.1, 0.15) is 0 Å². The molecule has 1 N–H and O–H groups in total. The maximum Gasteiger partial charge on any atom is 0.0453 e. The van der Waals surface area contributed by atoms with Gasteiger partial charge in [0.25, 0.3) is 0 Å². The summed E-state index contributed by atoms with van der Waals surface area (Å²) in [7, 11) is 0. The molecule has 0 bridgehead atoms. The van der Waals surface area contributed by atoms with Gasteiger partial charge in [-0.3, -0.25) is 0 Å². The molecule has 0 aromatic carbocycles. The van der Waals surface area contributed by atoms with Gasteiger partial charge < -0.3 is 5.32 Å². The second-order valence-electron chi connectivity index (χ2n) is 2.45. The molecule has 1 heterocycles. The van der Waals surface area contributed by atoms with Crippen LogP contribution in [-0.2, 0) is 0 Å². The zero-order valence-electron chi connectivity index (χ0n) is 6.12. The van der Waals surface area contributed by atoms with Crippen molar-refractivity contribution in [2.45, 2.75) is 0 Å². The Bertz CT molecular complexity index is 301. The lowest BCUT2D eigenvalue weighted by molar-refractivity contribution is 1.08. The molecule has 0 amide bonds. The summed E-state index contributed by atoms with van der Waals surface area (Å²) in [5.41, 5.74) is 2.43. The van der Waals surface area contributed by atoms with Crippen molar-refractivity contribution >= 4 is 0 Å². The maximum absolute atomic E-state index is 3.18. The van der Waals surface area contributed by atoms with Crippen molar-refractivity contribution in [1.82, 2.24) is 5.32 Å². The number of nitrogens with one attached hydrogen (secondary N) is 1. The van der Waals surface area contributed by atoms with Crippen LogP contribution in [0.3, 0.4) is 0 Å². The monoisotopic (exact) mass is 143 g/mol. The van der Waals surface area contributed by atoms with Crippen molar-refractivity contribution in [1.29, 1.82) is 0 Å². The summed E-state index contributed by atoms with van der Waals surface area (Å²) in [6.45, 7) is 0. The van der Waals surface area contributed by atoms with Gasteiger partial charge in [0.2, 0.25) is 0 Å². The minimum atomic E-state index is 1.16. The van der Waals surface area contributed by atoms with Crippen LogP contribution in [0.25, 0.3) is 0 Å². The first-order valence-corrected chi connectivity index (χ1v) is 3.65. The topological polar surface area (TPSA) is 12.0 Å². The molecule has 11 heavy (non-hydrogen) atoms. The molecule has 2 rings (SSSR count). The van der Waals surface area contributed by atoms with Gasteiger partial charge in [-0.15, -0.1) is 0 Å². The van der Waals surface area contributed by atoms with Crippen LogP contribution in [0.1, 0.15) is 0 Å². The van der Waals surface area contributed by atoms with Crippen molar-refractivity contribution in [3.05, 3.63) is 60.0 Å². The second kappa shape index (κ2) is 2.62. The quantitative estimate of drug-likeness (QED) is 0.592. The first kappa shape index (κ1) is 6.23. The molecule has 54 valence electrons. The third kappa shape index (κ3) is 1.17. The van der Waals surface area contributed by atoms with Crippen molar-refractivity contribution in [3.8, 4) is 0 Å². The van der Waals surface area contributed by atoms with E-state index in [0.29, 0.717) is 0 Å². The third-order valence-corrected chi connectivity index (χ3v) is 1.68. The molecule has 1 aliphatic carbocycles. The van der Waals surface area contributed by atoms with Crippen LogP contribution in [0.2, 0.25) is 0 Å². The summed E-state index contributed by atoms with van der Waals surface area (Å²) in [5, 5.41) is 3.18. The van der Waals surface area contributed by atoms with Gasteiger partial charge in [-0.1, -0.05) is 30.4 Å². The summed E-state index contributed by atoms with van der Waals surface area (Å²) in [6.07, 6.45) is 16.2. The van der Waals surface area contributed by atoms with E-state index in [1.807, 2.05) is 30.5 Å². The molecule has 0 atom stereocenters. The van der Waals surface area contributed by atoms with Crippen molar-refractivity contribution < 1.29 is 0 Å². The van der Waals surface area contributed by atoms with E-state index in [4.69, 9.17) is 0 Å². The van der Waals surface area contributed by atoms with Crippen LogP contribution in [0.15, 0.2) is 60.0 Å². The Balaban J connectivity index is 2.19. The van der Waals surface area contributed by atoms with Crippen molar-refractivity contribution in [3.63, 3.8) is 0 Å². The molecule has 0 saturated heterocycles. The molecule has 0 spiro atoms. The van der Waals surface area contributed by atoms with Gasteiger partial charge in [0.15, 0.2) is 0 Å². The van der Waals surface area contributed by atoms with E-state index < -0.39 is 0 Å². The highest BCUT2D eigenvalue weighted by Crippen LogP contribution is 2.16. The molecule has 2 aliphatic rings. The lowest BCUT2D eigenvalue weighted by Gasteiger charge is -2.10. The second-order valence-corrected chi connectivity index (χ2v) is 2.45. The fourth-order valence-electron chi connectivity index (χ4n) is 1.01. The molecule has 1 heteroatoms. The smallest absolute Gasteiger partial charge is 0.0453 e. The Kier molecular flexibility index (Phi) is 1.48. The normalized spacial score (nSPS) is 19.6. The predicted molar refractivity (Wildman–Crippen MR) is 46.7 cm³/mol. The van der Waals surface area contributed by atoms with Crippen LogP contribution in [0.5, 0.6) is 0 Å². The molecule has 1 aliphatic heterocycles.